The molecule has 0 atom stereocenters. The lowest BCUT2D eigenvalue weighted by Crippen LogP contribution is -1.76. The number of aromatic nitrogens is 1. The van der Waals surface area contributed by atoms with Gasteiger partial charge in [0.1, 0.15) is 0 Å². The zero-order valence-corrected chi connectivity index (χ0v) is 6.36. The quantitative estimate of drug-likeness (QED) is 0.662. The molecule has 0 unspecified atom stereocenters. The van der Waals surface area contributed by atoms with Gasteiger partial charge in [0.2, 0.25) is 5.13 Å². The van der Waals surface area contributed by atoms with E-state index in [1.807, 2.05) is 24.3 Å². The molecule has 2 nitrogen and oxygen atoms in total. The van der Waals surface area contributed by atoms with Gasteiger partial charge in [0.25, 0.3) is 0 Å². The molecule has 1 aromatic heterocycles. The molecule has 0 bridgehead atoms. The zero-order valence-electron chi connectivity index (χ0n) is 5.54. The van der Waals surface area contributed by atoms with Crippen LogP contribution >= 0.6 is 11.3 Å². The van der Waals surface area contributed by atoms with Gasteiger partial charge in [-0.3, -0.25) is 0 Å². The topological polar surface area (TPSA) is 24.9 Å². The molecule has 1 heterocycles. The molecule has 11 heavy (non-hydrogen) atoms. The Balaban J connectivity index is 2.69. The molecule has 1 N–H and O–H groups in total. The summed E-state index contributed by atoms with van der Waals surface area (Å²) in [6.07, 6.45) is 0. The average Bonchev–Trinajstić information content (AvgIpc) is 2.46. The number of benzene rings is 1. The first kappa shape index (κ1) is 6.54. The Kier molecular flexibility index (Phi) is 1.47. The summed E-state index contributed by atoms with van der Waals surface area (Å²) in [5.41, 5.74) is 2.35. The summed E-state index contributed by atoms with van der Waals surface area (Å²) in [6.45, 7) is 0. The standard InChI is InChI=1S/C7H5FN2S/c8-10-7-9-5-3-1-2-4-6(5)11-7/h1-4H,(H,9,10). The van der Waals surface area contributed by atoms with E-state index in [1.165, 1.54) is 16.9 Å². The number of fused-ring (bicyclic) bond motifs is 1. The molecule has 0 spiro atoms. The third-order valence-electron chi connectivity index (χ3n) is 1.37. The minimum Gasteiger partial charge on any atom is -0.218 e. The smallest absolute Gasteiger partial charge is 0.212 e. The maximum atomic E-state index is 11.9. The molecular weight excluding hydrogens is 163 g/mol. The van der Waals surface area contributed by atoms with Gasteiger partial charge in [-0.1, -0.05) is 23.5 Å². The zero-order chi connectivity index (χ0) is 7.68. The van der Waals surface area contributed by atoms with Crippen molar-refractivity contribution < 1.29 is 4.48 Å². The van der Waals surface area contributed by atoms with Crippen LogP contribution < -0.4 is 5.54 Å². The van der Waals surface area contributed by atoms with Crippen molar-refractivity contribution >= 4 is 26.7 Å². The molecule has 2 aromatic rings. The number of hydrogen-bond donors (Lipinski definition) is 1. The van der Waals surface area contributed by atoms with Crippen molar-refractivity contribution in [1.82, 2.24) is 4.98 Å². The highest BCUT2D eigenvalue weighted by atomic mass is 32.1. The second kappa shape index (κ2) is 2.47. The molecule has 0 radical (unpaired) electrons. The molecule has 56 valence electrons. The van der Waals surface area contributed by atoms with E-state index in [1.54, 1.807) is 0 Å². The lowest BCUT2D eigenvalue weighted by Gasteiger charge is -1.80. The number of nitrogens with one attached hydrogen (secondary N) is 1. The molecule has 0 fully saturated rings. The van der Waals surface area contributed by atoms with E-state index < -0.39 is 0 Å². The molecule has 4 heteroatoms. The van der Waals surface area contributed by atoms with Crippen LogP contribution in [0.1, 0.15) is 0 Å². The summed E-state index contributed by atoms with van der Waals surface area (Å²) < 4.78 is 12.9. The Labute approximate surface area is 66.6 Å². The molecule has 0 aliphatic heterocycles. The molecule has 0 aliphatic rings. The van der Waals surface area contributed by atoms with E-state index >= 15 is 0 Å². The summed E-state index contributed by atoms with van der Waals surface area (Å²) in [6, 6.07) is 7.55. The third kappa shape index (κ3) is 1.05. The van der Waals surface area contributed by atoms with Gasteiger partial charge in [0, 0.05) is 0 Å². The van der Waals surface area contributed by atoms with Crippen molar-refractivity contribution in [2.24, 2.45) is 0 Å². The van der Waals surface area contributed by atoms with Gasteiger partial charge >= 0.3 is 0 Å². The van der Waals surface area contributed by atoms with Crippen molar-refractivity contribution in [3.63, 3.8) is 0 Å². The maximum Gasteiger partial charge on any atom is 0.212 e. The van der Waals surface area contributed by atoms with Crippen molar-refractivity contribution in [1.29, 1.82) is 0 Å². The Morgan fingerprint density at radius 2 is 2.18 bits per heavy atom. The van der Waals surface area contributed by atoms with Crippen LogP contribution in [0, 0.1) is 0 Å². The van der Waals surface area contributed by atoms with Crippen LogP contribution in [0.15, 0.2) is 24.3 Å². The molecule has 2 rings (SSSR count). The van der Waals surface area contributed by atoms with E-state index in [-0.39, 0.29) is 0 Å². The van der Waals surface area contributed by atoms with E-state index in [0.717, 1.165) is 10.2 Å². The Morgan fingerprint density at radius 1 is 1.36 bits per heavy atom. The number of rotatable bonds is 1. The SMILES string of the molecule is FNc1nc2ccccc2s1. The van der Waals surface area contributed by atoms with Crippen LogP contribution in [0.5, 0.6) is 0 Å². The van der Waals surface area contributed by atoms with Crippen molar-refractivity contribution in [3.05, 3.63) is 24.3 Å². The van der Waals surface area contributed by atoms with Crippen LogP contribution in [0.3, 0.4) is 0 Å². The van der Waals surface area contributed by atoms with Crippen LogP contribution in [-0.2, 0) is 0 Å². The van der Waals surface area contributed by atoms with Gasteiger partial charge in [-0.05, 0) is 12.1 Å². The largest absolute Gasteiger partial charge is 0.218 e. The molecular formula is C7H5FN2S. The monoisotopic (exact) mass is 168 g/mol. The van der Waals surface area contributed by atoms with Crippen molar-refractivity contribution in [2.45, 2.75) is 0 Å². The first-order valence-electron chi connectivity index (χ1n) is 3.12. The van der Waals surface area contributed by atoms with Gasteiger partial charge in [-0.25, -0.2) is 4.98 Å². The normalized spacial score (nSPS) is 10.3. The van der Waals surface area contributed by atoms with Gasteiger partial charge in [0.15, 0.2) is 0 Å². The second-order valence-electron chi connectivity index (χ2n) is 2.08. The molecule has 1 aromatic carbocycles. The van der Waals surface area contributed by atoms with Gasteiger partial charge in [-0.2, -0.15) is 5.54 Å². The highest BCUT2D eigenvalue weighted by Gasteiger charge is 1.99. The predicted molar refractivity (Wildman–Crippen MR) is 44.4 cm³/mol. The van der Waals surface area contributed by atoms with Gasteiger partial charge in [-0.15, -0.1) is 4.48 Å². The summed E-state index contributed by atoms with van der Waals surface area (Å²) in [4.78, 5) is 3.96. The Hall–Kier alpha value is -1.16. The number of para-hydroxylation sites is 1. The number of anilines is 1. The van der Waals surface area contributed by atoms with E-state index in [4.69, 9.17) is 0 Å². The summed E-state index contributed by atoms with van der Waals surface area (Å²) >= 11 is 1.30. The van der Waals surface area contributed by atoms with Crippen molar-refractivity contribution in [2.75, 3.05) is 5.54 Å². The van der Waals surface area contributed by atoms with E-state index in [2.05, 4.69) is 4.98 Å². The number of thiazole rings is 1. The van der Waals surface area contributed by atoms with Crippen LogP contribution in [0.2, 0.25) is 0 Å². The van der Waals surface area contributed by atoms with Crippen LogP contribution in [0.4, 0.5) is 9.61 Å². The van der Waals surface area contributed by atoms with Gasteiger partial charge in [0.05, 0.1) is 10.2 Å². The summed E-state index contributed by atoms with van der Waals surface area (Å²) in [5, 5.41) is 0.311. The second-order valence-corrected chi connectivity index (χ2v) is 3.11. The number of nitrogens with zero attached hydrogens (tertiary/aromatic N) is 1. The first-order chi connectivity index (χ1) is 5.40. The first-order valence-corrected chi connectivity index (χ1v) is 3.94. The highest BCUT2D eigenvalue weighted by molar-refractivity contribution is 7.22. The minimum atomic E-state index is 0.311. The number of hydrogen-bond acceptors (Lipinski definition) is 3. The molecule has 0 saturated carbocycles. The Bertz CT molecular complexity index is 338. The average molecular weight is 168 g/mol. The third-order valence-corrected chi connectivity index (χ3v) is 2.30. The fourth-order valence-corrected chi connectivity index (χ4v) is 1.67. The molecule has 0 aliphatic carbocycles. The maximum absolute atomic E-state index is 11.9. The lowest BCUT2D eigenvalue weighted by molar-refractivity contribution is 0.617. The van der Waals surface area contributed by atoms with Crippen molar-refractivity contribution in [3.8, 4) is 0 Å². The minimum absolute atomic E-state index is 0.311. The van der Waals surface area contributed by atoms with E-state index in [9.17, 15) is 4.48 Å². The fraction of sp³-hybridized carbons (Fsp3) is 0. The summed E-state index contributed by atoms with van der Waals surface area (Å²) in [5.74, 6) is 0. The predicted octanol–water partition coefficient (Wildman–Crippen LogP) is 2.59. The van der Waals surface area contributed by atoms with Crippen LogP contribution in [-0.4, -0.2) is 4.98 Å². The highest BCUT2D eigenvalue weighted by Crippen LogP contribution is 2.24. The lowest BCUT2D eigenvalue weighted by atomic mass is 10.3. The fourth-order valence-electron chi connectivity index (χ4n) is 0.913. The van der Waals surface area contributed by atoms with Gasteiger partial charge < -0.3 is 0 Å². The molecule has 0 amide bonds. The Morgan fingerprint density at radius 3 is 2.91 bits per heavy atom. The molecule has 0 saturated heterocycles. The number of halogens is 1. The summed E-state index contributed by atoms with van der Waals surface area (Å²) in [7, 11) is 0. The van der Waals surface area contributed by atoms with Crippen LogP contribution in [0.25, 0.3) is 10.2 Å². The van der Waals surface area contributed by atoms with E-state index in [0.29, 0.717) is 5.13 Å².